The van der Waals surface area contributed by atoms with Gasteiger partial charge in [-0.2, -0.15) is 0 Å². The zero-order valence-corrected chi connectivity index (χ0v) is 21.9. The standard InChI is InChI=1S/C34H28FN2P/c35-29-19-17-28(18-20-29)34-36-32-24-27(16-21-33(32)37(34)23-22-26-10-4-1-5-11-26)25-38(30-12-6-2-7-13-30)31-14-8-3-9-15-31/h1-21,24H,22-23,25H2. The Bertz CT molecular complexity index is 1590. The normalized spacial score (nSPS) is 11.3. The average molecular weight is 515 g/mol. The predicted molar refractivity (Wildman–Crippen MR) is 158 cm³/mol. The average Bonchev–Trinajstić information content (AvgIpc) is 3.34. The maximum atomic E-state index is 13.7. The van der Waals surface area contributed by atoms with Gasteiger partial charge in [-0.3, -0.25) is 0 Å². The fourth-order valence-corrected chi connectivity index (χ4v) is 7.22. The van der Waals surface area contributed by atoms with Gasteiger partial charge < -0.3 is 4.57 Å². The molecule has 0 amide bonds. The highest BCUT2D eigenvalue weighted by Gasteiger charge is 2.17. The van der Waals surface area contributed by atoms with Crippen molar-refractivity contribution in [3.05, 3.63) is 150 Å². The van der Waals surface area contributed by atoms with Crippen LogP contribution in [0, 0.1) is 5.82 Å². The van der Waals surface area contributed by atoms with E-state index in [0.29, 0.717) is 0 Å². The first-order valence-electron chi connectivity index (χ1n) is 12.9. The molecule has 0 aliphatic heterocycles. The lowest BCUT2D eigenvalue weighted by molar-refractivity contribution is 0.628. The Hall–Kier alpha value is -4.07. The summed E-state index contributed by atoms with van der Waals surface area (Å²) in [4.78, 5) is 5.09. The Kier molecular flexibility index (Phi) is 7.11. The van der Waals surface area contributed by atoms with Crippen molar-refractivity contribution < 1.29 is 4.39 Å². The van der Waals surface area contributed by atoms with Crippen LogP contribution in [0.15, 0.2) is 133 Å². The zero-order chi connectivity index (χ0) is 25.7. The van der Waals surface area contributed by atoms with Crippen LogP contribution in [0.4, 0.5) is 4.39 Å². The number of benzene rings is 5. The molecule has 0 fully saturated rings. The number of nitrogens with zero attached hydrogens (tertiary/aromatic N) is 2. The summed E-state index contributed by atoms with van der Waals surface area (Å²) in [6.07, 6.45) is 1.84. The Balaban J connectivity index is 1.38. The molecule has 0 aliphatic carbocycles. The molecule has 0 radical (unpaired) electrons. The van der Waals surface area contributed by atoms with Gasteiger partial charge in [-0.15, -0.1) is 0 Å². The van der Waals surface area contributed by atoms with Crippen molar-refractivity contribution in [1.82, 2.24) is 9.55 Å². The third kappa shape index (κ3) is 5.30. The number of aryl methyl sites for hydroxylation is 2. The minimum atomic E-state index is -0.544. The second-order valence-corrected chi connectivity index (χ2v) is 11.6. The lowest BCUT2D eigenvalue weighted by atomic mass is 10.1. The molecule has 2 nitrogen and oxygen atoms in total. The fourth-order valence-electron chi connectivity index (χ4n) is 4.94. The summed E-state index contributed by atoms with van der Waals surface area (Å²) >= 11 is 0. The topological polar surface area (TPSA) is 17.8 Å². The van der Waals surface area contributed by atoms with E-state index in [2.05, 4.69) is 108 Å². The lowest BCUT2D eigenvalue weighted by Crippen LogP contribution is -2.12. The van der Waals surface area contributed by atoms with E-state index in [0.717, 1.165) is 41.5 Å². The molecule has 6 aromatic rings. The molecule has 186 valence electrons. The second kappa shape index (κ2) is 11.1. The van der Waals surface area contributed by atoms with Crippen LogP contribution in [-0.4, -0.2) is 9.55 Å². The van der Waals surface area contributed by atoms with Crippen molar-refractivity contribution in [3.63, 3.8) is 0 Å². The molecule has 4 heteroatoms. The smallest absolute Gasteiger partial charge is 0.141 e. The van der Waals surface area contributed by atoms with E-state index in [1.54, 1.807) is 0 Å². The van der Waals surface area contributed by atoms with E-state index in [1.165, 1.54) is 33.9 Å². The molecule has 0 unspecified atom stereocenters. The van der Waals surface area contributed by atoms with Gasteiger partial charge >= 0.3 is 0 Å². The van der Waals surface area contributed by atoms with Crippen LogP contribution in [0.5, 0.6) is 0 Å². The summed E-state index contributed by atoms with van der Waals surface area (Å²) in [6, 6.07) is 45.5. The molecule has 0 atom stereocenters. The first kappa shape index (κ1) is 24.3. The van der Waals surface area contributed by atoms with Crippen molar-refractivity contribution in [2.75, 3.05) is 0 Å². The minimum Gasteiger partial charge on any atom is -0.324 e. The molecule has 6 rings (SSSR count). The van der Waals surface area contributed by atoms with Gasteiger partial charge in [0.25, 0.3) is 0 Å². The number of halogens is 1. The Morgan fingerprint density at radius 3 is 1.87 bits per heavy atom. The Morgan fingerprint density at radius 2 is 1.24 bits per heavy atom. The highest BCUT2D eigenvalue weighted by Crippen LogP contribution is 2.38. The van der Waals surface area contributed by atoms with E-state index in [4.69, 9.17) is 4.98 Å². The largest absolute Gasteiger partial charge is 0.324 e. The van der Waals surface area contributed by atoms with Crippen LogP contribution in [0.2, 0.25) is 0 Å². The number of hydrogen-bond donors (Lipinski definition) is 0. The Morgan fingerprint density at radius 1 is 0.632 bits per heavy atom. The predicted octanol–water partition coefficient (Wildman–Crippen LogP) is 7.72. The summed E-state index contributed by atoms with van der Waals surface area (Å²) in [5.41, 5.74) is 5.56. The molecule has 1 aromatic heterocycles. The molecule has 0 saturated carbocycles. The summed E-state index contributed by atoms with van der Waals surface area (Å²) in [6.45, 7) is 0.799. The summed E-state index contributed by atoms with van der Waals surface area (Å²) in [5.74, 6) is 0.639. The van der Waals surface area contributed by atoms with Gasteiger partial charge in [-0.25, -0.2) is 9.37 Å². The van der Waals surface area contributed by atoms with Crippen molar-refractivity contribution in [3.8, 4) is 11.4 Å². The van der Waals surface area contributed by atoms with Crippen LogP contribution >= 0.6 is 7.92 Å². The van der Waals surface area contributed by atoms with E-state index in [-0.39, 0.29) is 5.82 Å². The van der Waals surface area contributed by atoms with Crippen LogP contribution in [0.1, 0.15) is 11.1 Å². The number of fused-ring (bicyclic) bond motifs is 1. The summed E-state index contributed by atoms with van der Waals surface area (Å²) in [7, 11) is -0.544. The molecule has 0 N–H and O–H groups in total. The molecular formula is C34H28FN2P. The van der Waals surface area contributed by atoms with Crippen molar-refractivity contribution in [2.45, 2.75) is 19.1 Å². The van der Waals surface area contributed by atoms with Gasteiger partial charge in [0, 0.05) is 18.3 Å². The van der Waals surface area contributed by atoms with Gasteiger partial charge in [0.15, 0.2) is 0 Å². The first-order chi connectivity index (χ1) is 18.7. The SMILES string of the molecule is Fc1ccc(-c2nc3cc(CP(c4ccccc4)c4ccccc4)ccc3n2CCc2ccccc2)cc1. The van der Waals surface area contributed by atoms with Crippen molar-refractivity contribution in [2.24, 2.45) is 0 Å². The summed E-state index contributed by atoms with van der Waals surface area (Å²) < 4.78 is 16.0. The van der Waals surface area contributed by atoms with Crippen molar-refractivity contribution in [1.29, 1.82) is 0 Å². The van der Waals surface area contributed by atoms with Gasteiger partial charge in [-0.05, 0) is 72.5 Å². The third-order valence-corrected chi connectivity index (χ3v) is 9.38. The van der Waals surface area contributed by atoms with Crippen molar-refractivity contribution >= 4 is 29.6 Å². The third-order valence-electron chi connectivity index (χ3n) is 6.86. The summed E-state index contributed by atoms with van der Waals surface area (Å²) in [5, 5.41) is 2.74. The highest BCUT2D eigenvalue weighted by molar-refractivity contribution is 7.72. The van der Waals surface area contributed by atoms with Crippen LogP contribution in [-0.2, 0) is 19.1 Å². The van der Waals surface area contributed by atoms with Gasteiger partial charge in [0.2, 0.25) is 0 Å². The van der Waals surface area contributed by atoms with E-state index >= 15 is 0 Å². The van der Waals surface area contributed by atoms with Crippen LogP contribution in [0.25, 0.3) is 22.4 Å². The quantitative estimate of drug-likeness (QED) is 0.190. The molecule has 5 aromatic carbocycles. The number of aromatic nitrogens is 2. The first-order valence-corrected chi connectivity index (χ1v) is 14.4. The minimum absolute atomic E-state index is 0.238. The molecule has 38 heavy (non-hydrogen) atoms. The molecule has 0 saturated heterocycles. The Labute approximate surface area is 224 Å². The maximum Gasteiger partial charge on any atom is 0.141 e. The lowest BCUT2D eigenvalue weighted by Gasteiger charge is -2.19. The highest BCUT2D eigenvalue weighted by atomic mass is 31.1. The van der Waals surface area contributed by atoms with E-state index < -0.39 is 7.92 Å². The second-order valence-electron chi connectivity index (χ2n) is 9.41. The van der Waals surface area contributed by atoms with E-state index in [1.807, 2.05) is 18.2 Å². The van der Waals surface area contributed by atoms with Gasteiger partial charge in [0.05, 0.1) is 11.0 Å². The van der Waals surface area contributed by atoms with Crippen LogP contribution in [0.3, 0.4) is 0 Å². The molecule has 0 aliphatic rings. The number of hydrogen-bond acceptors (Lipinski definition) is 1. The van der Waals surface area contributed by atoms with Crippen LogP contribution < -0.4 is 10.6 Å². The number of rotatable bonds is 8. The molecule has 0 spiro atoms. The zero-order valence-electron chi connectivity index (χ0n) is 21.0. The molecule has 0 bridgehead atoms. The number of imidazole rings is 1. The fraction of sp³-hybridized carbons (Fsp3) is 0.0882. The molecular weight excluding hydrogens is 486 g/mol. The monoisotopic (exact) mass is 514 g/mol. The van der Waals surface area contributed by atoms with Gasteiger partial charge in [0.1, 0.15) is 11.6 Å². The maximum absolute atomic E-state index is 13.7. The van der Waals surface area contributed by atoms with E-state index in [9.17, 15) is 4.39 Å². The van der Waals surface area contributed by atoms with Gasteiger partial charge in [-0.1, -0.05) is 97.1 Å². The molecule has 1 heterocycles.